The minimum absolute atomic E-state index is 0.149. The van der Waals surface area contributed by atoms with E-state index in [1.807, 2.05) is 0 Å². The fourth-order valence-electron chi connectivity index (χ4n) is 3.41. The van der Waals surface area contributed by atoms with E-state index in [9.17, 15) is 9.90 Å². The summed E-state index contributed by atoms with van der Waals surface area (Å²) in [6.45, 7) is 0. The molecule has 0 radical (unpaired) electrons. The second-order valence-electron chi connectivity index (χ2n) is 6.31. The van der Waals surface area contributed by atoms with Gasteiger partial charge in [-0.05, 0) is 43.4 Å². The largest absolute Gasteiger partial charge is 0.368 e. The first-order valence-electron chi connectivity index (χ1n) is 7.94. The lowest BCUT2D eigenvalue weighted by Gasteiger charge is -2.30. The van der Waals surface area contributed by atoms with E-state index in [1.54, 1.807) is 0 Å². The zero-order valence-corrected chi connectivity index (χ0v) is 12.8. The molecule has 4 heteroatoms. The first-order valence-corrected chi connectivity index (χ1v) is 7.94. The molecule has 1 fully saturated rings. The minimum atomic E-state index is -0.737. The van der Waals surface area contributed by atoms with Crippen LogP contribution in [0.1, 0.15) is 38.5 Å². The fourth-order valence-corrected chi connectivity index (χ4v) is 3.41. The average molecular weight is 293 g/mol. The molecule has 21 heavy (non-hydrogen) atoms. The van der Waals surface area contributed by atoms with Crippen LogP contribution in [0, 0.1) is 17.8 Å². The molecule has 0 saturated heterocycles. The molecule has 0 amide bonds. The smallest absolute Gasteiger partial charge is 0.154 e. The Hall–Kier alpha value is -0.970. The number of methoxy groups -OCH3 is 1. The molecule has 2 aliphatic carbocycles. The van der Waals surface area contributed by atoms with Crippen molar-refractivity contribution in [2.75, 3.05) is 7.11 Å². The summed E-state index contributed by atoms with van der Waals surface area (Å²) in [7, 11) is 1.51. The lowest BCUT2D eigenvalue weighted by Crippen LogP contribution is -2.35. The number of ketones is 1. The van der Waals surface area contributed by atoms with E-state index in [0.717, 1.165) is 25.7 Å². The van der Waals surface area contributed by atoms with E-state index in [-0.39, 0.29) is 11.8 Å². The standard InChI is InChI=1S/C17H27NO3/c1-21-17(20)10-12-6-8-13-4-2-3-5-14(13)11-15(18)16(19)9-7-12/h2-5,12-15,17,20H,6-11,18H2,1H3/t12?,13?,14?,15-,17-/m0/s1. The van der Waals surface area contributed by atoms with E-state index >= 15 is 0 Å². The number of Topliss-reactive ketones (excluding diaryl/α,β-unsaturated/α-hetero) is 1. The van der Waals surface area contributed by atoms with Crippen LogP contribution in [0.3, 0.4) is 0 Å². The number of ether oxygens (including phenoxy) is 1. The predicted molar refractivity (Wildman–Crippen MR) is 82.5 cm³/mol. The van der Waals surface area contributed by atoms with Gasteiger partial charge in [0.1, 0.15) is 5.78 Å². The van der Waals surface area contributed by atoms with Gasteiger partial charge in [-0.2, -0.15) is 0 Å². The van der Waals surface area contributed by atoms with Gasteiger partial charge in [0, 0.05) is 20.0 Å². The molecule has 2 rings (SSSR count). The normalized spacial score (nSPS) is 35.3. The molecule has 0 aromatic rings. The topological polar surface area (TPSA) is 72.5 Å². The highest BCUT2D eigenvalue weighted by atomic mass is 16.6. The van der Waals surface area contributed by atoms with Crippen molar-refractivity contribution >= 4 is 5.78 Å². The molecule has 0 aromatic heterocycles. The molecule has 0 spiro atoms. The van der Waals surface area contributed by atoms with Gasteiger partial charge in [0.2, 0.25) is 0 Å². The molecule has 3 N–H and O–H groups in total. The van der Waals surface area contributed by atoms with E-state index in [4.69, 9.17) is 10.5 Å². The Labute approximate surface area is 127 Å². The van der Waals surface area contributed by atoms with Crippen LogP contribution in [0.25, 0.3) is 0 Å². The Bertz CT molecular complexity index is 405. The van der Waals surface area contributed by atoms with Gasteiger partial charge < -0.3 is 15.6 Å². The van der Waals surface area contributed by atoms with Crippen molar-refractivity contribution in [3.8, 4) is 0 Å². The second-order valence-corrected chi connectivity index (χ2v) is 6.31. The number of hydrogen-bond donors (Lipinski definition) is 2. The monoisotopic (exact) mass is 293 g/mol. The molecule has 118 valence electrons. The van der Waals surface area contributed by atoms with E-state index in [2.05, 4.69) is 24.3 Å². The number of carbonyl (C=O) groups is 1. The highest BCUT2D eigenvalue weighted by molar-refractivity contribution is 5.83. The zero-order chi connectivity index (χ0) is 15.2. The van der Waals surface area contributed by atoms with Gasteiger partial charge in [0.05, 0.1) is 6.04 Å². The molecule has 0 bridgehead atoms. The van der Waals surface area contributed by atoms with Crippen molar-refractivity contribution in [3.05, 3.63) is 24.3 Å². The van der Waals surface area contributed by atoms with Gasteiger partial charge in [-0.3, -0.25) is 4.79 Å². The summed E-state index contributed by atoms with van der Waals surface area (Å²) in [4.78, 5) is 12.1. The second kappa shape index (κ2) is 7.87. The van der Waals surface area contributed by atoms with E-state index < -0.39 is 6.29 Å². The number of nitrogens with two attached hydrogens (primary N) is 1. The van der Waals surface area contributed by atoms with Crippen molar-refractivity contribution in [3.63, 3.8) is 0 Å². The molecular formula is C17H27NO3. The minimum Gasteiger partial charge on any atom is -0.368 e. The van der Waals surface area contributed by atoms with Crippen LogP contribution in [-0.2, 0) is 9.53 Å². The fraction of sp³-hybridized carbons (Fsp3) is 0.706. The first kappa shape index (κ1) is 16.4. The molecule has 5 atom stereocenters. The third-order valence-electron chi connectivity index (χ3n) is 4.83. The van der Waals surface area contributed by atoms with Crippen molar-refractivity contribution in [2.24, 2.45) is 23.5 Å². The lowest BCUT2D eigenvalue weighted by atomic mass is 9.76. The summed E-state index contributed by atoms with van der Waals surface area (Å²) >= 11 is 0. The van der Waals surface area contributed by atoms with Crippen molar-refractivity contribution in [2.45, 2.75) is 50.9 Å². The average Bonchev–Trinajstić information content (AvgIpc) is 2.49. The van der Waals surface area contributed by atoms with Gasteiger partial charge in [0.25, 0.3) is 0 Å². The Kier molecular flexibility index (Phi) is 6.15. The Morgan fingerprint density at radius 3 is 2.71 bits per heavy atom. The number of fused-ring (bicyclic) bond motifs is 1. The molecule has 2 aliphatic rings. The predicted octanol–water partition coefficient (Wildman–Crippen LogP) is 2.18. The highest BCUT2D eigenvalue weighted by Crippen LogP contribution is 2.33. The summed E-state index contributed by atoms with van der Waals surface area (Å²) in [5.41, 5.74) is 6.07. The molecule has 0 aromatic carbocycles. The van der Waals surface area contributed by atoms with Gasteiger partial charge >= 0.3 is 0 Å². The Morgan fingerprint density at radius 2 is 2.00 bits per heavy atom. The van der Waals surface area contributed by atoms with Crippen LogP contribution < -0.4 is 5.73 Å². The zero-order valence-electron chi connectivity index (χ0n) is 12.8. The van der Waals surface area contributed by atoms with Crippen molar-refractivity contribution < 1.29 is 14.6 Å². The third kappa shape index (κ3) is 4.77. The Morgan fingerprint density at radius 1 is 1.29 bits per heavy atom. The van der Waals surface area contributed by atoms with Gasteiger partial charge in [-0.15, -0.1) is 0 Å². The maximum Gasteiger partial charge on any atom is 0.154 e. The summed E-state index contributed by atoms with van der Waals surface area (Å²) in [6.07, 6.45) is 12.5. The number of aliphatic hydroxyl groups excluding tert-OH is 1. The van der Waals surface area contributed by atoms with Crippen LogP contribution in [-0.4, -0.2) is 30.3 Å². The Balaban J connectivity index is 2.04. The van der Waals surface area contributed by atoms with Crippen LogP contribution in [0.5, 0.6) is 0 Å². The number of hydrogen-bond acceptors (Lipinski definition) is 4. The molecule has 0 heterocycles. The van der Waals surface area contributed by atoms with Crippen LogP contribution in [0.4, 0.5) is 0 Å². The van der Waals surface area contributed by atoms with E-state index in [0.29, 0.717) is 30.6 Å². The summed E-state index contributed by atoms with van der Waals surface area (Å²) in [5.74, 6) is 1.28. The molecule has 0 aliphatic heterocycles. The van der Waals surface area contributed by atoms with Crippen LogP contribution in [0.2, 0.25) is 0 Å². The molecule has 4 nitrogen and oxygen atoms in total. The van der Waals surface area contributed by atoms with Gasteiger partial charge in [-0.1, -0.05) is 24.3 Å². The SMILES string of the molecule is CO[C@H](O)CC1CCC(=O)[C@@H](N)CC2C=CC=CC2CC1. The van der Waals surface area contributed by atoms with Crippen LogP contribution in [0.15, 0.2) is 24.3 Å². The van der Waals surface area contributed by atoms with Crippen molar-refractivity contribution in [1.82, 2.24) is 0 Å². The summed E-state index contributed by atoms with van der Waals surface area (Å²) < 4.78 is 4.96. The maximum atomic E-state index is 12.1. The first-order chi connectivity index (χ1) is 10.1. The molecular weight excluding hydrogens is 266 g/mol. The number of carbonyl (C=O) groups excluding carboxylic acids is 1. The van der Waals surface area contributed by atoms with Crippen molar-refractivity contribution in [1.29, 1.82) is 0 Å². The van der Waals surface area contributed by atoms with Gasteiger partial charge in [0.15, 0.2) is 6.29 Å². The highest BCUT2D eigenvalue weighted by Gasteiger charge is 2.28. The van der Waals surface area contributed by atoms with Crippen LogP contribution >= 0.6 is 0 Å². The quantitative estimate of drug-likeness (QED) is 0.782. The number of aliphatic hydroxyl groups is 1. The number of rotatable bonds is 3. The maximum absolute atomic E-state index is 12.1. The molecule has 3 unspecified atom stereocenters. The summed E-state index contributed by atoms with van der Waals surface area (Å²) in [5, 5.41) is 9.69. The molecule has 1 saturated carbocycles. The van der Waals surface area contributed by atoms with E-state index in [1.165, 1.54) is 7.11 Å². The summed E-state index contributed by atoms with van der Waals surface area (Å²) in [6, 6.07) is -0.361. The van der Waals surface area contributed by atoms with Gasteiger partial charge in [-0.25, -0.2) is 0 Å². The third-order valence-corrected chi connectivity index (χ3v) is 4.83. The number of allylic oxidation sites excluding steroid dienone is 4. The lowest BCUT2D eigenvalue weighted by molar-refractivity contribution is -0.121.